The van der Waals surface area contributed by atoms with Crippen molar-refractivity contribution in [3.8, 4) is 5.88 Å². The van der Waals surface area contributed by atoms with Gasteiger partial charge in [0.2, 0.25) is 5.88 Å². The molecule has 0 bridgehead atoms. The van der Waals surface area contributed by atoms with Gasteiger partial charge in [-0.15, -0.1) is 0 Å². The van der Waals surface area contributed by atoms with Crippen LogP contribution < -0.4 is 0 Å². The number of para-hydroxylation sites is 1. The van der Waals surface area contributed by atoms with Gasteiger partial charge in [-0.3, -0.25) is 9.56 Å². The standard InChI is InChI=1S/C21H18ClN3OS/c1-2-13-7-5-8-16-15(11-23-19(13)16)10-18-20(26)25(21(27)24-18)12-14-6-3-4-9-17(14)22/h3-11,26H,2,12H2,1H3,(H,24,27)/b15-10+. The second-order valence-corrected chi connectivity index (χ2v) is 7.16. The molecule has 6 heteroatoms. The SMILES string of the molecule is CCc1cccc2c1N=C/C2=C\c1[nH]c(=S)n(Cc2ccccc2Cl)c1O. The number of allylic oxidation sites excluding steroid dienone is 1. The zero-order valence-corrected chi connectivity index (χ0v) is 16.3. The summed E-state index contributed by atoms with van der Waals surface area (Å²) in [6, 6.07) is 13.7. The van der Waals surface area contributed by atoms with Gasteiger partial charge in [-0.1, -0.05) is 54.9 Å². The maximum absolute atomic E-state index is 10.7. The Balaban J connectivity index is 1.72. The zero-order chi connectivity index (χ0) is 19.0. The first kappa shape index (κ1) is 17.8. The van der Waals surface area contributed by atoms with Crippen LogP contribution in [0.15, 0.2) is 47.5 Å². The van der Waals surface area contributed by atoms with Crippen LogP contribution in [0.1, 0.15) is 29.3 Å². The third-order valence-electron chi connectivity index (χ3n) is 4.71. The van der Waals surface area contributed by atoms with Crippen molar-refractivity contribution >= 4 is 47.4 Å². The van der Waals surface area contributed by atoms with Gasteiger partial charge >= 0.3 is 0 Å². The molecular formula is C21H18ClN3OS. The van der Waals surface area contributed by atoms with E-state index < -0.39 is 0 Å². The molecule has 3 aromatic rings. The number of nitrogens with zero attached hydrogens (tertiary/aromatic N) is 2. The lowest BCUT2D eigenvalue weighted by atomic mass is 10.0. The van der Waals surface area contributed by atoms with Crippen LogP contribution in [0, 0.1) is 4.77 Å². The molecule has 0 radical (unpaired) electrons. The topological polar surface area (TPSA) is 53.3 Å². The van der Waals surface area contributed by atoms with E-state index in [0.29, 0.717) is 22.0 Å². The molecule has 2 heterocycles. The third-order valence-corrected chi connectivity index (χ3v) is 5.40. The van der Waals surface area contributed by atoms with Crippen LogP contribution in [-0.2, 0) is 13.0 Å². The van der Waals surface area contributed by atoms with Crippen molar-refractivity contribution in [1.29, 1.82) is 0 Å². The van der Waals surface area contributed by atoms with Gasteiger partial charge in [0, 0.05) is 22.4 Å². The highest BCUT2D eigenvalue weighted by Gasteiger charge is 2.17. The van der Waals surface area contributed by atoms with Gasteiger partial charge < -0.3 is 10.1 Å². The van der Waals surface area contributed by atoms with E-state index in [-0.39, 0.29) is 5.88 Å². The molecule has 0 fully saturated rings. The summed E-state index contributed by atoms with van der Waals surface area (Å²) in [5, 5.41) is 11.3. The molecule has 4 nitrogen and oxygen atoms in total. The Hall–Kier alpha value is -2.63. The number of aryl methyl sites for hydroxylation is 1. The number of fused-ring (bicyclic) bond motifs is 1. The van der Waals surface area contributed by atoms with Gasteiger partial charge in [0.1, 0.15) is 5.69 Å². The van der Waals surface area contributed by atoms with Crippen molar-refractivity contribution < 1.29 is 5.11 Å². The van der Waals surface area contributed by atoms with Crippen LogP contribution >= 0.6 is 23.8 Å². The average molecular weight is 396 g/mol. The average Bonchev–Trinajstić information content (AvgIpc) is 3.20. The van der Waals surface area contributed by atoms with Crippen molar-refractivity contribution in [2.45, 2.75) is 19.9 Å². The highest BCUT2D eigenvalue weighted by atomic mass is 35.5. The Kier molecular flexibility index (Phi) is 4.72. The summed E-state index contributed by atoms with van der Waals surface area (Å²) in [5.74, 6) is 0.0842. The van der Waals surface area contributed by atoms with E-state index in [0.717, 1.165) is 28.8 Å². The minimum Gasteiger partial charge on any atom is -0.493 e. The summed E-state index contributed by atoms with van der Waals surface area (Å²) < 4.78 is 2.08. The third kappa shape index (κ3) is 3.24. The Morgan fingerprint density at radius 2 is 1.96 bits per heavy atom. The van der Waals surface area contributed by atoms with Crippen molar-refractivity contribution in [3.63, 3.8) is 0 Å². The second kappa shape index (κ2) is 7.18. The van der Waals surface area contributed by atoms with E-state index in [9.17, 15) is 5.11 Å². The van der Waals surface area contributed by atoms with Crippen molar-refractivity contribution in [2.24, 2.45) is 4.99 Å². The lowest BCUT2D eigenvalue weighted by Gasteiger charge is -2.07. The number of benzene rings is 2. The predicted molar refractivity (Wildman–Crippen MR) is 114 cm³/mol. The monoisotopic (exact) mass is 395 g/mol. The van der Waals surface area contributed by atoms with Crippen LogP contribution in [0.4, 0.5) is 5.69 Å². The maximum atomic E-state index is 10.7. The lowest BCUT2D eigenvalue weighted by Crippen LogP contribution is -1.99. The van der Waals surface area contributed by atoms with Crippen molar-refractivity contribution in [1.82, 2.24) is 9.55 Å². The molecule has 2 aromatic carbocycles. The van der Waals surface area contributed by atoms with Crippen LogP contribution in [0.2, 0.25) is 5.02 Å². The number of aromatic nitrogens is 2. The van der Waals surface area contributed by atoms with Gasteiger partial charge in [0.25, 0.3) is 0 Å². The number of rotatable bonds is 4. The maximum Gasteiger partial charge on any atom is 0.218 e. The molecule has 136 valence electrons. The molecule has 0 aliphatic carbocycles. The van der Waals surface area contributed by atoms with Gasteiger partial charge in [-0.25, -0.2) is 0 Å². The summed E-state index contributed by atoms with van der Waals surface area (Å²) in [5.41, 5.74) is 5.66. The van der Waals surface area contributed by atoms with Crippen molar-refractivity contribution in [2.75, 3.05) is 0 Å². The molecular weight excluding hydrogens is 378 g/mol. The Morgan fingerprint density at radius 3 is 2.74 bits per heavy atom. The minimum atomic E-state index is 0.0842. The first-order chi connectivity index (χ1) is 13.1. The smallest absolute Gasteiger partial charge is 0.218 e. The largest absolute Gasteiger partial charge is 0.493 e. The lowest BCUT2D eigenvalue weighted by molar-refractivity contribution is 0.422. The van der Waals surface area contributed by atoms with Gasteiger partial charge in [0.05, 0.1) is 12.2 Å². The molecule has 27 heavy (non-hydrogen) atoms. The van der Waals surface area contributed by atoms with Gasteiger partial charge in [-0.05, 0) is 41.9 Å². The summed E-state index contributed by atoms with van der Waals surface area (Å²) in [6.45, 7) is 2.51. The Labute approximate surface area is 167 Å². The number of halogens is 1. The summed E-state index contributed by atoms with van der Waals surface area (Å²) >= 11 is 11.6. The molecule has 0 atom stereocenters. The van der Waals surface area contributed by atoms with Crippen molar-refractivity contribution in [3.05, 3.63) is 74.6 Å². The van der Waals surface area contributed by atoms with Crippen LogP contribution in [-0.4, -0.2) is 20.9 Å². The molecule has 0 saturated heterocycles. The second-order valence-electron chi connectivity index (χ2n) is 6.37. The van der Waals surface area contributed by atoms with E-state index in [2.05, 4.69) is 23.0 Å². The highest BCUT2D eigenvalue weighted by Crippen LogP contribution is 2.36. The molecule has 1 aromatic heterocycles. The summed E-state index contributed by atoms with van der Waals surface area (Å²) in [6.07, 6.45) is 4.63. The number of hydrogen-bond donors (Lipinski definition) is 2. The summed E-state index contributed by atoms with van der Waals surface area (Å²) in [4.78, 5) is 7.63. The van der Waals surface area contributed by atoms with Crippen LogP contribution in [0.3, 0.4) is 0 Å². The highest BCUT2D eigenvalue weighted by molar-refractivity contribution is 7.71. The number of H-pyrrole nitrogens is 1. The van der Waals surface area contributed by atoms with Gasteiger partial charge in [0.15, 0.2) is 4.77 Å². The van der Waals surface area contributed by atoms with Crippen LogP contribution in [0.25, 0.3) is 11.6 Å². The van der Waals surface area contributed by atoms with E-state index in [1.807, 2.05) is 48.7 Å². The minimum absolute atomic E-state index is 0.0842. The van der Waals surface area contributed by atoms with Crippen LogP contribution in [0.5, 0.6) is 5.88 Å². The quantitative estimate of drug-likeness (QED) is 0.551. The molecule has 0 unspecified atom stereocenters. The first-order valence-corrected chi connectivity index (χ1v) is 9.50. The molecule has 4 rings (SSSR count). The first-order valence-electron chi connectivity index (χ1n) is 8.71. The molecule has 2 N–H and O–H groups in total. The fourth-order valence-corrected chi connectivity index (χ4v) is 3.72. The van der Waals surface area contributed by atoms with E-state index in [1.165, 1.54) is 5.56 Å². The molecule has 0 spiro atoms. The van der Waals surface area contributed by atoms with E-state index >= 15 is 0 Å². The number of nitrogens with one attached hydrogen (secondary N) is 1. The predicted octanol–water partition coefficient (Wildman–Crippen LogP) is 5.77. The Morgan fingerprint density at radius 1 is 1.19 bits per heavy atom. The van der Waals surface area contributed by atoms with Gasteiger partial charge in [-0.2, -0.15) is 0 Å². The summed E-state index contributed by atoms with van der Waals surface area (Å²) in [7, 11) is 0. The number of aromatic amines is 1. The fraction of sp³-hybridized carbons (Fsp3) is 0.143. The molecule has 1 aliphatic rings. The van der Waals surface area contributed by atoms with E-state index in [4.69, 9.17) is 23.8 Å². The zero-order valence-electron chi connectivity index (χ0n) is 14.7. The number of aliphatic imine (C=N–C) groups is 1. The normalized spacial score (nSPS) is 14.1. The molecule has 0 amide bonds. The van der Waals surface area contributed by atoms with E-state index in [1.54, 1.807) is 4.57 Å². The molecule has 1 aliphatic heterocycles. The fourth-order valence-electron chi connectivity index (χ4n) is 3.26. The number of hydrogen-bond acceptors (Lipinski definition) is 3. The molecule has 0 saturated carbocycles. The Bertz CT molecular complexity index is 1140. The number of imidazole rings is 1. The number of aromatic hydroxyl groups is 1.